The molecule has 0 amide bonds. The molecule has 1 heterocycles. The fourth-order valence-corrected chi connectivity index (χ4v) is 1.94. The number of aromatic nitrogens is 1. The summed E-state index contributed by atoms with van der Waals surface area (Å²) in [5, 5.41) is 14.8. The van der Waals surface area contributed by atoms with Gasteiger partial charge in [-0.05, 0) is 17.7 Å². The molecule has 0 aliphatic rings. The molecule has 0 radical (unpaired) electrons. The monoisotopic (exact) mass is 318 g/mol. The van der Waals surface area contributed by atoms with Crippen LogP contribution in [0.2, 0.25) is 0 Å². The zero-order chi connectivity index (χ0) is 16.7. The van der Waals surface area contributed by atoms with Gasteiger partial charge in [0, 0.05) is 17.7 Å². The molecule has 0 unspecified atom stereocenters. The van der Waals surface area contributed by atoms with E-state index in [1.165, 1.54) is 18.6 Å². The number of rotatable bonds is 7. The molecular weight excluding hydrogens is 300 g/mol. The molecule has 0 saturated heterocycles. The topological polar surface area (TPSA) is 76.2 Å². The minimum Gasteiger partial charge on any atom is -0.619 e. The van der Waals surface area contributed by atoms with Crippen molar-refractivity contribution in [2.75, 3.05) is 21.3 Å². The Kier molecular flexibility index (Phi) is 5.62. The summed E-state index contributed by atoms with van der Waals surface area (Å²) < 4.78 is 16.5. The smallest absolute Gasteiger partial charge is 0.203 e. The van der Waals surface area contributed by atoms with Gasteiger partial charge in [-0.25, -0.2) is 0 Å². The first-order chi connectivity index (χ1) is 11.2. The van der Waals surface area contributed by atoms with Crippen LogP contribution >= 0.6 is 0 Å². The Hall–Kier alpha value is -2.96. The normalized spacial score (nSPS) is 10.6. The summed E-state index contributed by atoms with van der Waals surface area (Å²) in [6.45, 7) is 0.238. The highest BCUT2D eigenvalue weighted by molar-refractivity contribution is 5.78. The van der Waals surface area contributed by atoms with Gasteiger partial charge in [-0.1, -0.05) is 5.16 Å². The average Bonchev–Trinajstić information content (AvgIpc) is 2.59. The van der Waals surface area contributed by atoms with Gasteiger partial charge in [0.05, 0.1) is 27.5 Å². The molecule has 23 heavy (non-hydrogen) atoms. The lowest BCUT2D eigenvalue weighted by Crippen LogP contribution is -2.23. The quantitative estimate of drug-likeness (QED) is 0.337. The van der Waals surface area contributed by atoms with Crippen LogP contribution in [0.5, 0.6) is 17.2 Å². The maximum atomic E-state index is 10.9. The van der Waals surface area contributed by atoms with Crippen LogP contribution in [-0.4, -0.2) is 27.5 Å². The van der Waals surface area contributed by atoms with Crippen LogP contribution in [0.25, 0.3) is 0 Å². The lowest BCUT2D eigenvalue weighted by atomic mass is 10.2. The molecule has 0 spiro atoms. The van der Waals surface area contributed by atoms with Gasteiger partial charge >= 0.3 is 0 Å². The second kappa shape index (κ2) is 7.88. The Morgan fingerprint density at radius 1 is 1.04 bits per heavy atom. The molecule has 0 saturated carbocycles. The number of nitrogens with zero attached hydrogens (tertiary/aromatic N) is 2. The first kappa shape index (κ1) is 16.4. The van der Waals surface area contributed by atoms with Gasteiger partial charge < -0.3 is 24.3 Å². The Balaban J connectivity index is 2.04. The third-order valence-corrected chi connectivity index (χ3v) is 3.06. The molecule has 0 aliphatic heterocycles. The van der Waals surface area contributed by atoms with Gasteiger partial charge in [0.25, 0.3) is 0 Å². The first-order valence-corrected chi connectivity index (χ1v) is 6.81. The largest absolute Gasteiger partial charge is 0.619 e. The standard InChI is InChI=1S/C16H18N2O5/c1-20-14-8-13(9-15(21-2)16(14)22-3)11-23-17-10-12-4-6-18(19)7-5-12/h4-10H,11H2,1-3H3/b17-10+. The molecule has 0 fully saturated rings. The van der Waals surface area contributed by atoms with Gasteiger partial charge in [0.1, 0.15) is 6.61 Å². The predicted octanol–water partition coefficient (Wildman–Crippen LogP) is 1.90. The fraction of sp³-hybridized carbons (Fsp3) is 0.250. The highest BCUT2D eigenvalue weighted by Crippen LogP contribution is 2.38. The number of oxime groups is 1. The first-order valence-electron chi connectivity index (χ1n) is 6.81. The van der Waals surface area contributed by atoms with E-state index in [1.54, 1.807) is 45.6 Å². The second-order valence-corrected chi connectivity index (χ2v) is 4.53. The minimum atomic E-state index is 0.238. The number of hydrogen-bond acceptors (Lipinski definition) is 6. The molecule has 0 N–H and O–H groups in total. The van der Waals surface area contributed by atoms with Crippen molar-refractivity contribution in [3.8, 4) is 17.2 Å². The zero-order valence-corrected chi connectivity index (χ0v) is 13.2. The molecular formula is C16H18N2O5. The number of hydrogen-bond donors (Lipinski definition) is 0. The Labute approximate surface area is 134 Å². The van der Waals surface area contributed by atoms with Crippen LogP contribution in [0, 0.1) is 5.21 Å². The molecule has 7 nitrogen and oxygen atoms in total. The van der Waals surface area contributed by atoms with Gasteiger partial charge in [-0.3, -0.25) is 0 Å². The molecule has 2 rings (SSSR count). The van der Waals surface area contributed by atoms with Crippen LogP contribution in [0.15, 0.2) is 41.8 Å². The van der Waals surface area contributed by atoms with E-state index in [0.717, 1.165) is 11.1 Å². The maximum Gasteiger partial charge on any atom is 0.203 e. The van der Waals surface area contributed by atoms with Crippen molar-refractivity contribution in [3.63, 3.8) is 0 Å². The van der Waals surface area contributed by atoms with Crippen molar-refractivity contribution in [1.82, 2.24) is 0 Å². The van der Waals surface area contributed by atoms with Crippen LogP contribution in [-0.2, 0) is 11.4 Å². The van der Waals surface area contributed by atoms with Gasteiger partial charge in [-0.15, -0.1) is 0 Å². The number of ether oxygens (including phenoxy) is 3. The van der Waals surface area contributed by atoms with Crippen LogP contribution in [0.1, 0.15) is 11.1 Å². The Morgan fingerprint density at radius 2 is 1.65 bits per heavy atom. The fourth-order valence-electron chi connectivity index (χ4n) is 1.94. The molecule has 0 bridgehead atoms. The van der Waals surface area contributed by atoms with E-state index in [9.17, 15) is 5.21 Å². The van der Waals surface area contributed by atoms with Gasteiger partial charge in [-0.2, -0.15) is 4.73 Å². The maximum absolute atomic E-state index is 10.9. The predicted molar refractivity (Wildman–Crippen MR) is 83.9 cm³/mol. The molecule has 122 valence electrons. The Morgan fingerprint density at radius 3 is 2.17 bits per heavy atom. The lowest BCUT2D eigenvalue weighted by Gasteiger charge is -2.13. The highest BCUT2D eigenvalue weighted by atomic mass is 16.6. The molecule has 2 aromatic rings. The number of benzene rings is 1. The van der Waals surface area contributed by atoms with Gasteiger partial charge in [0.15, 0.2) is 23.9 Å². The summed E-state index contributed by atoms with van der Waals surface area (Å²) in [4.78, 5) is 5.26. The van der Waals surface area contributed by atoms with E-state index in [4.69, 9.17) is 19.0 Å². The van der Waals surface area contributed by atoms with E-state index in [1.807, 2.05) is 0 Å². The van der Waals surface area contributed by atoms with E-state index in [-0.39, 0.29) is 6.61 Å². The van der Waals surface area contributed by atoms with Crippen LogP contribution in [0.3, 0.4) is 0 Å². The Bertz CT molecular complexity index is 646. The van der Waals surface area contributed by atoms with Crippen molar-refractivity contribution < 1.29 is 23.8 Å². The van der Waals surface area contributed by atoms with Crippen molar-refractivity contribution in [3.05, 3.63) is 53.0 Å². The number of methoxy groups -OCH3 is 3. The summed E-state index contributed by atoms with van der Waals surface area (Å²) >= 11 is 0. The summed E-state index contributed by atoms with van der Waals surface area (Å²) in [5.74, 6) is 1.63. The summed E-state index contributed by atoms with van der Waals surface area (Å²) in [6, 6.07) is 6.86. The molecule has 0 aliphatic carbocycles. The van der Waals surface area contributed by atoms with Crippen LogP contribution < -0.4 is 18.9 Å². The van der Waals surface area contributed by atoms with Crippen molar-refractivity contribution in [1.29, 1.82) is 0 Å². The third-order valence-electron chi connectivity index (χ3n) is 3.06. The minimum absolute atomic E-state index is 0.238. The van der Waals surface area contributed by atoms with Crippen molar-refractivity contribution in [2.24, 2.45) is 5.16 Å². The van der Waals surface area contributed by atoms with E-state index >= 15 is 0 Å². The average molecular weight is 318 g/mol. The zero-order valence-electron chi connectivity index (χ0n) is 13.2. The number of pyridine rings is 1. The van der Waals surface area contributed by atoms with Crippen LogP contribution in [0.4, 0.5) is 0 Å². The molecule has 0 atom stereocenters. The highest BCUT2D eigenvalue weighted by Gasteiger charge is 2.13. The lowest BCUT2D eigenvalue weighted by molar-refractivity contribution is -0.605. The summed E-state index contributed by atoms with van der Waals surface area (Å²) in [7, 11) is 4.65. The molecule has 1 aromatic carbocycles. The third kappa shape index (κ3) is 4.26. The van der Waals surface area contributed by atoms with E-state index < -0.39 is 0 Å². The second-order valence-electron chi connectivity index (χ2n) is 4.53. The molecule has 1 aromatic heterocycles. The molecule has 7 heteroatoms. The summed E-state index contributed by atoms with van der Waals surface area (Å²) in [6.07, 6.45) is 4.30. The SMILES string of the molecule is COc1cc(CO/N=C/c2cc[n+]([O-])cc2)cc(OC)c1OC. The van der Waals surface area contributed by atoms with E-state index in [0.29, 0.717) is 22.0 Å². The van der Waals surface area contributed by atoms with Crippen molar-refractivity contribution in [2.45, 2.75) is 6.61 Å². The summed E-state index contributed by atoms with van der Waals surface area (Å²) in [5.41, 5.74) is 1.59. The van der Waals surface area contributed by atoms with Gasteiger partial charge in [0.2, 0.25) is 5.75 Å². The van der Waals surface area contributed by atoms with E-state index in [2.05, 4.69) is 5.16 Å². The van der Waals surface area contributed by atoms with Crippen molar-refractivity contribution >= 4 is 6.21 Å².